The third-order valence-corrected chi connectivity index (χ3v) is 3.64. The van der Waals surface area contributed by atoms with E-state index in [4.69, 9.17) is 9.47 Å². The normalized spacial score (nSPS) is 22.8. The van der Waals surface area contributed by atoms with Crippen LogP contribution in [0.2, 0.25) is 0 Å². The van der Waals surface area contributed by atoms with E-state index in [0.717, 1.165) is 0 Å². The molecule has 0 radical (unpaired) electrons. The lowest BCUT2D eigenvalue weighted by atomic mass is 10.1. The molecule has 5 heteroatoms. The number of carbonyl (C=O) groups is 1. The van der Waals surface area contributed by atoms with Crippen molar-refractivity contribution in [3.05, 3.63) is 29.3 Å². The highest BCUT2D eigenvalue weighted by Gasteiger charge is 2.36. The first-order valence-electron chi connectivity index (χ1n) is 6.22. The summed E-state index contributed by atoms with van der Waals surface area (Å²) in [5, 5.41) is 9.67. The van der Waals surface area contributed by atoms with Crippen LogP contribution in [0.15, 0.2) is 18.2 Å². The van der Waals surface area contributed by atoms with Gasteiger partial charge in [-0.2, -0.15) is 0 Å². The molecule has 1 aromatic rings. The number of hydrogen-bond donors (Lipinski definition) is 1. The van der Waals surface area contributed by atoms with Gasteiger partial charge < -0.3 is 19.5 Å². The van der Waals surface area contributed by atoms with Crippen molar-refractivity contribution in [2.75, 3.05) is 27.3 Å². The fourth-order valence-electron chi connectivity index (χ4n) is 2.39. The fourth-order valence-corrected chi connectivity index (χ4v) is 2.39. The first kappa shape index (κ1) is 13.8. The number of amides is 1. The van der Waals surface area contributed by atoms with Crippen molar-refractivity contribution < 1.29 is 19.4 Å². The minimum absolute atomic E-state index is 0.102. The summed E-state index contributed by atoms with van der Waals surface area (Å²) in [7, 11) is 3.23. The standard InChI is InChI=1S/C14H19NO4/c1-9-10(5-4-6-11(9)16)14(17)15-7-12(18-2)13(8-15)19-3/h4-6,12-13,16H,7-8H2,1-3H3. The number of aromatic hydroxyl groups is 1. The molecule has 1 amide bonds. The summed E-state index contributed by atoms with van der Waals surface area (Å²) < 4.78 is 10.6. The number of nitrogens with zero attached hydrogens (tertiary/aromatic N) is 1. The van der Waals surface area contributed by atoms with Crippen molar-refractivity contribution in [2.24, 2.45) is 0 Å². The maximum Gasteiger partial charge on any atom is 0.254 e. The minimum atomic E-state index is -0.105. The monoisotopic (exact) mass is 265 g/mol. The average molecular weight is 265 g/mol. The number of benzene rings is 1. The van der Waals surface area contributed by atoms with Crippen LogP contribution in [0.5, 0.6) is 5.75 Å². The highest BCUT2D eigenvalue weighted by molar-refractivity contribution is 5.96. The van der Waals surface area contributed by atoms with E-state index in [1.807, 2.05) is 0 Å². The van der Waals surface area contributed by atoms with E-state index in [2.05, 4.69) is 0 Å². The minimum Gasteiger partial charge on any atom is -0.508 e. The van der Waals surface area contributed by atoms with Crippen LogP contribution >= 0.6 is 0 Å². The van der Waals surface area contributed by atoms with E-state index >= 15 is 0 Å². The number of rotatable bonds is 3. The summed E-state index contributed by atoms with van der Waals surface area (Å²) in [5.74, 6) is 0.0339. The molecule has 19 heavy (non-hydrogen) atoms. The van der Waals surface area contributed by atoms with Crippen molar-refractivity contribution in [3.63, 3.8) is 0 Å². The fraction of sp³-hybridized carbons (Fsp3) is 0.500. The summed E-state index contributed by atoms with van der Waals surface area (Å²) >= 11 is 0. The molecular formula is C14H19NO4. The van der Waals surface area contributed by atoms with Gasteiger partial charge in [-0.15, -0.1) is 0 Å². The van der Waals surface area contributed by atoms with Gasteiger partial charge in [0.2, 0.25) is 0 Å². The van der Waals surface area contributed by atoms with E-state index in [1.165, 1.54) is 0 Å². The maximum absolute atomic E-state index is 12.4. The number of phenolic OH excluding ortho intramolecular Hbond substituents is 1. The molecule has 1 aliphatic heterocycles. The van der Waals surface area contributed by atoms with E-state index in [0.29, 0.717) is 24.2 Å². The molecule has 0 aromatic heterocycles. The maximum atomic E-state index is 12.4. The van der Waals surface area contributed by atoms with Crippen LogP contribution in [0, 0.1) is 6.92 Å². The van der Waals surface area contributed by atoms with Gasteiger partial charge in [0.15, 0.2) is 0 Å². The van der Waals surface area contributed by atoms with Gasteiger partial charge in [0, 0.05) is 38.4 Å². The molecule has 1 aromatic carbocycles. The Balaban J connectivity index is 2.19. The number of carbonyl (C=O) groups excluding carboxylic acids is 1. The lowest BCUT2D eigenvalue weighted by Crippen LogP contribution is -2.30. The van der Waals surface area contributed by atoms with Crippen LogP contribution in [0.25, 0.3) is 0 Å². The van der Waals surface area contributed by atoms with Gasteiger partial charge in [-0.25, -0.2) is 0 Å². The predicted octanol–water partition coefficient (Wildman–Crippen LogP) is 1.19. The molecular weight excluding hydrogens is 246 g/mol. The second kappa shape index (κ2) is 5.59. The zero-order valence-electron chi connectivity index (χ0n) is 11.4. The Morgan fingerprint density at radius 3 is 2.37 bits per heavy atom. The summed E-state index contributed by atoms with van der Waals surface area (Å²) in [4.78, 5) is 14.1. The lowest BCUT2D eigenvalue weighted by molar-refractivity contribution is -0.00461. The molecule has 0 bridgehead atoms. The van der Waals surface area contributed by atoms with E-state index < -0.39 is 0 Å². The second-order valence-electron chi connectivity index (χ2n) is 4.71. The highest BCUT2D eigenvalue weighted by Crippen LogP contribution is 2.24. The largest absolute Gasteiger partial charge is 0.508 e. The zero-order chi connectivity index (χ0) is 14.0. The summed E-state index contributed by atoms with van der Waals surface area (Å²) in [6, 6.07) is 4.97. The van der Waals surface area contributed by atoms with Crippen molar-refractivity contribution >= 4 is 5.91 Å². The van der Waals surface area contributed by atoms with Crippen LogP contribution in [-0.4, -0.2) is 55.4 Å². The number of methoxy groups -OCH3 is 2. The zero-order valence-corrected chi connectivity index (χ0v) is 11.4. The number of hydrogen-bond acceptors (Lipinski definition) is 4. The molecule has 5 nitrogen and oxygen atoms in total. The van der Waals surface area contributed by atoms with Crippen molar-refractivity contribution in [2.45, 2.75) is 19.1 Å². The first-order valence-corrected chi connectivity index (χ1v) is 6.22. The Kier molecular flexibility index (Phi) is 4.07. The molecule has 1 fully saturated rings. The van der Waals surface area contributed by atoms with Crippen LogP contribution < -0.4 is 0 Å². The van der Waals surface area contributed by atoms with Crippen molar-refractivity contribution in [1.82, 2.24) is 4.90 Å². The molecule has 1 heterocycles. The molecule has 1 saturated heterocycles. The Morgan fingerprint density at radius 1 is 1.26 bits per heavy atom. The van der Waals surface area contributed by atoms with Gasteiger partial charge in [-0.05, 0) is 19.1 Å². The number of likely N-dealkylation sites (tertiary alicyclic amines) is 1. The summed E-state index contributed by atoms with van der Waals surface area (Å²) in [5.41, 5.74) is 1.12. The molecule has 1 N–H and O–H groups in total. The van der Waals surface area contributed by atoms with Gasteiger partial charge >= 0.3 is 0 Å². The highest BCUT2D eigenvalue weighted by atomic mass is 16.5. The molecule has 0 saturated carbocycles. The molecule has 0 aliphatic carbocycles. The van der Waals surface area contributed by atoms with E-state index in [-0.39, 0.29) is 23.9 Å². The van der Waals surface area contributed by atoms with Crippen molar-refractivity contribution in [3.8, 4) is 5.75 Å². The quantitative estimate of drug-likeness (QED) is 0.891. The van der Waals surface area contributed by atoms with Crippen LogP contribution in [0.4, 0.5) is 0 Å². The van der Waals surface area contributed by atoms with Gasteiger partial charge in [0.1, 0.15) is 18.0 Å². The second-order valence-corrected chi connectivity index (χ2v) is 4.71. The predicted molar refractivity (Wildman–Crippen MR) is 70.3 cm³/mol. The molecule has 2 rings (SSSR count). The van der Waals surface area contributed by atoms with Gasteiger partial charge in [-0.3, -0.25) is 4.79 Å². The van der Waals surface area contributed by atoms with Gasteiger partial charge in [0.05, 0.1) is 0 Å². The van der Waals surface area contributed by atoms with Gasteiger partial charge in [0.25, 0.3) is 5.91 Å². The third-order valence-electron chi connectivity index (χ3n) is 3.64. The summed E-state index contributed by atoms with van der Waals surface area (Å²) in [6.07, 6.45) is -0.210. The third kappa shape index (κ3) is 2.57. The molecule has 0 spiro atoms. The smallest absolute Gasteiger partial charge is 0.254 e. The van der Waals surface area contributed by atoms with E-state index in [9.17, 15) is 9.90 Å². The topological polar surface area (TPSA) is 59.0 Å². The Bertz CT molecular complexity index is 463. The van der Waals surface area contributed by atoms with Crippen molar-refractivity contribution in [1.29, 1.82) is 0 Å². The molecule has 2 unspecified atom stereocenters. The SMILES string of the molecule is COC1CN(C(=O)c2cccc(O)c2C)CC1OC. The first-order chi connectivity index (χ1) is 9.08. The van der Waals surface area contributed by atoms with Crippen LogP contribution in [-0.2, 0) is 9.47 Å². The van der Waals surface area contributed by atoms with Crippen LogP contribution in [0.1, 0.15) is 15.9 Å². The number of phenols is 1. The number of ether oxygens (including phenoxy) is 2. The Hall–Kier alpha value is -1.59. The Labute approximate surface area is 112 Å². The molecule has 104 valence electrons. The van der Waals surface area contributed by atoms with E-state index in [1.54, 1.807) is 44.2 Å². The van der Waals surface area contributed by atoms with Gasteiger partial charge in [-0.1, -0.05) is 6.07 Å². The summed E-state index contributed by atoms with van der Waals surface area (Å²) in [6.45, 7) is 2.74. The Morgan fingerprint density at radius 2 is 1.84 bits per heavy atom. The molecule has 2 atom stereocenters. The van der Waals surface area contributed by atoms with Crippen LogP contribution in [0.3, 0.4) is 0 Å². The average Bonchev–Trinajstić information content (AvgIpc) is 2.84. The molecule has 1 aliphatic rings. The lowest BCUT2D eigenvalue weighted by Gasteiger charge is -2.17.